The third-order valence-electron chi connectivity index (χ3n) is 3.30. The SMILES string of the molecule is Cc1ncncc1N1c2nccnc2N(C)C1C. The number of nitrogens with zero attached hydrogens (tertiary/aromatic N) is 6. The second-order valence-corrected chi connectivity index (χ2v) is 4.31. The van der Waals surface area contributed by atoms with E-state index in [2.05, 4.69) is 36.7 Å². The number of hydrogen-bond donors (Lipinski definition) is 0. The quantitative estimate of drug-likeness (QED) is 0.755. The first-order valence-electron chi connectivity index (χ1n) is 5.80. The van der Waals surface area contributed by atoms with Crippen LogP contribution in [0.1, 0.15) is 12.6 Å². The largest absolute Gasteiger partial charge is 0.336 e. The number of hydrogen-bond acceptors (Lipinski definition) is 6. The third kappa shape index (κ3) is 1.42. The van der Waals surface area contributed by atoms with E-state index >= 15 is 0 Å². The molecular weight excluding hydrogens is 228 g/mol. The van der Waals surface area contributed by atoms with Crippen molar-refractivity contribution in [2.24, 2.45) is 0 Å². The van der Waals surface area contributed by atoms with Crippen LogP contribution in [0.2, 0.25) is 0 Å². The van der Waals surface area contributed by atoms with Gasteiger partial charge in [-0.3, -0.25) is 4.90 Å². The summed E-state index contributed by atoms with van der Waals surface area (Å²) in [6, 6.07) is 0. The lowest BCUT2D eigenvalue weighted by molar-refractivity contribution is 0.722. The Balaban J connectivity index is 2.16. The molecular formula is C12H14N6. The molecule has 1 atom stereocenters. The molecule has 0 N–H and O–H groups in total. The van der Waals surface area contributed by atoms with Crippen molar-refractivity contribution in [2.45, 2.75) is 20.0 Å². The molecule has 1 unspecified atom stereocenters. The minimum Gasteiger partial charge on any atom is -0.336 e. The molecule has 0 bridgehead atoms. The second kappa shape index (κ2) is 3.90. The first-order chi connectivity index (χ1) is 8.70. The zero-order chi connectivity index (χ0) is 12.7. The van der Waals surface area contributed by atoms with Gasteiger partial charge in [-0.25, -0.2) is 19.9 Å². The van der Waals surface area contributed by atoms with E-state index in [0.29, 0.717) is 0 Å². The van der Waals surface area contributed by atoms with Gasteiger partial charge in [-0.1, -0.05) is 0 Å². The van der Waals surface area contributed by atoms with E-state index in [9.17, 15) is 0 Å². The van der Waals surface area contributed by atoms with Crippen LogP contribution in [0.15, 0.2) is 24.9 Å². The van der Waals surface area contributed by atoms with Gasteiger partial charge < -0.3 is 4.90 Å². The summed E-state index contributed by atoms with van der Waals surface area (Å²) < 4.78 is 0. The molecule has 2 aromatic heterocycles. The van der Waals surface area contributed by atoms with Crippen LogP contribution >= 0.6 is 0 Å². The number of anilines is 3. The standard InChI is InChI=1S/C12H14N6/c1-8-10(6-13-7-16-8)18-9(2)17(3)11-12(18)15-5-4-14-11/h4-7,9H,1-3H3. The van der Waals surface area contributed by atoms with E-state index < -0.39 is 0 Å². The molecule has 0 aromatic carbocycles. The van der Waals surface area contributed by atoms with Gasteiger partial charge in [0.05, 0.1) is 17.6 Å². The number of aromatic nitrogens is 4. The summed E-state index contributed by atoms with van der Waals surface area (Å²) in [6.07, 6.45) is 6.93. The fraction of sp³-hybridized carbons (Fsp3) is 0.333. The van der Waals surface area contributed by atoms with Crippen LogP contribution in [0.3, 0.4) is 0 Å². The Hall–Kier alpha value is -2.24. The van der Waals surface area contributed by atoms with E-state index in [1.165, 1.54) is 0 Å². The Labute approximate surface area is 105 Å². The molecule has 3 heterocycles. The minimum absolute atomic E-state index is 0.145. The normalized spacial score (nSPS) is 18.1. The summed E-state index contributed by atoms with van der Waals surface area (Å²) in [6.45, 7) is 4.08. The lowest BCUT2D eigenvalue weighted by atomic mass is 10.3. The minimum atomic E-state index is 0.145. The lowest BCUT2D eigenvalue weighted by Crippen LogP contribution is -2.36. The van der Waals surface area contributed by atoms with Gasteiger partial charge in [0.2, 0.25) is 0 Å². The average Bonchev–Trinajstić information content (AvgIpc) is 2.64. The molecule has 0 spiro atoms. The summed E-state index contributed by atoms with van der Waals surface area (Å²) in [5.74, 6) is 1.73. The molecule has 6 heteroatoms. The smallest absolute Gasteiger partial charge is 0.178 e. The molecule has 2 aromatic rings. The van der Waals surface area contributed by atoms with Gasteiger partial charge >= 0.3 is 0 Å². The zero-order valence-electron chi connectivity index (χ0n) is 10.6. The van der Waals surface area contributed by atoms with Crippen molar-refractivity contribution < 1.29 is 0 Å². The van der Waals surface area contributed by atoms with Gasteiger partial charge in [-0.05, 0) is 13.8 Å². The number of rotatable bonds is 1. The summed E-state index contributed by atoms with van der Waals surface area (Å²) in [4.78, 5) is 21.3. The van der Waals surface area contributed by atoms with Crippen molar-refractivity contribution >= 4 is 17.3 Å². The fourth-order valence-electron chi connectivity index (χ4n) is 2.20. The van der Waals surface area contributed by atoms with Gasteiger partial charge in [0.1, 0.15) is 12.5 Å². The molecule has 6 nitrogen and oxygen atoms in total. The molecule has 0 saturated heterocycles. The summed E-state index contributed by atoms with van der Waals surface area (Å²) in [5.41, 5.74) is 1.90. The fourth-order valence-corrected chi connectivity index (χ4v) is 2.20. The van der Waals surface area contributed by atoms with E-state index in [4.69, 9.17) is 0 Å². The highest BCUT2D eigenvalue weighted by atomic mass is 15.5. The summed E-state index contributed by atoms with van der Waals surface area (Å²) >= 11 is 0. The highest BCUT2D eigenvalue weighted by Gasteiger charge is 2.34. The van der Waals surface area contributed by atoms with Gasteiger partial charge in [-0.2, -0.15) is 0 Å². The maximum atomic E-state index is 4.43. The van der Waals surface area contributed by atoms with Crippen LogP contribution in [0.4, 0.5) is 17.3 Å². The maximum absolute atomic E-state index is 4.43. The predicted octanol–water partition coefficient (Wildman–Crippen LogP) is 1.51. The Morgan fingerprint density at radius 3 is 2.56 bits per heavy atom. The summed E-state index contributed by atoms with van der Waals surface area (Å²) in [5, 5.41) is 0. The van der Waals surface area contributed by atoms with E-state index in [-0.39, 0.29) is 6.17 Å². The molecule has 0 amide bonds. The van der Waals surface area contributed by atoms with Crippen molar-refractivity contribution in [3.8, 4) is 0 Å². The molecule has 0 saturated carbocycles. The number of aryl methyl sites for hydroxylation is 1. The van der Waals surface area contributed by atoms with Crippen LogP contribution in [-0.2, 0) is 0 Å². The van der Waals surface area contributed by atoms with Gasteiger partial charge in [0.15, 0.2) is 11.6 Å². The molecule has 92 valence electrons. The average molecular weight is 242 g/mol. The van der Waals surface area contributed by atoms with Crippen LogP contribution in [0, 0.1) is 6.92 Å². The van der Waals surface area contributed by atoms with E-state index in [1.54, 1.807) is 18.7 Å². The molecule has 1 aliphatic rings. The molecule has 0 fully saturated rings. The number of fused-ring (bicyclic) bond motifs is 1. The third-order valence-corrected chi connectivity index (χ3v) is 3.30. The first kappa shape index (κ1) is 10.9. The maximum Gasteiger partial charge on any atom is 0.178 e. The van der Waals surface area contributed by atoms with Crippen LogP contribution in [0.25, 0.3) is 0 Å². The van der Waals surface area contributed by atoms with Crippen molar-refractivity contribution in [3.05, 3.63) is 30.6 Å². The topological polar surface area (TPSA) is 58.0 Å². The van der Waals surface area contributed by atoms with Gasteiger partial charge in [0, 0.05) is 19.4 Å². The predicted molar refractivity (Wildman–Crippen MR) is 68.8 cm³/mol. The van der Waals surface area contributed by atoms with E-state index in [0.717, 1.165) is 23.0 Å². The monoisotopic (exact) mass is 242 g/mol. The molecule has 1 aliphatic heterocycles. The summed E-state index contributed by atoms with van der Waals surface area (Å²) in [7, 11) is 2.01. The molecule has 18 heavy (non-hydrogen) atoms. The van der Waals surface area contributed by atoms with Crippen molar-refractivity contribution in [3.63, 3.8) is 0 Å². The highest BCUT2D eigenvalue weighted by molar-refractivity contribution is 5.77. The molecule has 0 radical (unpaired) electrons. The van der Waals surface area contributed by atoms with Crippen molar-refractivity contribution in [1.82, 2.24) is 19.9 Å². The van der Waals surface area contributed by atoms with Crippen LogP contribution in [0.5, 0.6) is 0 Å². The molecule has 0 aliphatic carbocycles. The molecule has 3 rings (SSSR count). The lowest BCUT2D eigenvalue weighted by Gasteiger charge is -2.26. The zero-order valence-corrected chi connectivity index (χ0v) is 10.6. The first-order valence-corrected chi connectivity index (χ1v) is 5.80. The van der Waals surface area contributed by atoms with E-state index in [1.807, 2.05) is 20.2 Å². The Kier molecular flexibility index (Phi) is 2.36. The second-order valence-electron chi connectivity index (χ2n) is 4.31. The highest BCUT2D eigenvalue weighted by Crippen LogP contribution is 2.40. The Bertz CT molecular complexity index is 584. The van der Waals surface area contributed by atoms with Crippen molar-refractivity contribution in [2.75, 3.05) is 16.8 Å². The Morgan fingerprint density at radius 2 is 1.83 bits per heavy atom. The van der Waals surface area contributed by atoms with Gasteiger partial charge in [0.25, 0.3) is 0 Å². The van der Waals surface area contributed by atoms with Crippen LogP contribution in [-0.4, -0.2) is 33.1 Å². The van der Waals surface area contributed by atoms with Crippen molar-refractivity contribution in [1.29, 1.82) is 0 Å². The van der Waals surface area contributed by atoms with Gasteiger partial charge in [-0.15, -0.1) is 0 Å². The Morgan fingerprint density at radius 1 is 1.11 bits per heavy atom. The van der Waals surface area contributed by atoms with Crippen LogP contribution < -0.4 is 9.80 Å².